The van der Waals surface area contributed by atoms with E-state index in [9.17, 15) is 0 Å². The van der Waals surface area contributed by atoms with Gasteiger partial charge in [0.15, 0.2) is 0 Å². The summed E-state index contributed by atoms with van der Waals surface area (Å²) in [6.45, 7) is 0. The number of nitrogen functional groups attached to an aromatic ring is 1. The Morgan fingerprint density at radius 2 is 1.83 bits per heavy atom. The number of methoxy groups -OCH3 is 2. The van der Waals surface area contributed by atoms with E-state index >= 15 is 0 Å². The summed E-state index contributed by atoms with van der Waals surface area (Å²) >= 11 is 0. The van der Waals surface area contributed by atoms with Crippen molar-refractivity contribution >= 4 is 27.8 Å². The second kappa shape index (κ2) is 5.42. The van der Waals surface area contributed by atoms with Crippen LogP contribution in [0.3, 0.4) is 0 Å². The van der Waals surface area contributed by atoms with E-state index in [-0.39, 0.29) is 0 Å². The molecule has 0 radical (unpaired) electrons. The zero-order chi connectivity index (χ0) is 16.7. The molecule has 24 heavy (non-hydrogen) atoms. The molecule has 0 aliphatic rings. The Morgan fingerprint density at radius 3 is 2.62 bits per heavy atom. The Morgan fingerprint density at radius 1 is 0.958 bits per heavy atom. The molecule has 0 atom stereocenters. The van der Waals surface area contributed by atoms with Crippen molar-refractivity contribution < 1.29 is 9.47 Å². The number of H-pyrrole nitrogens is 1. The number of hydrogen-bond acceptors (Lipinski definition) is 5. The lowest BCUT2D eigenvalue weighted by molar-refractivity contribution is 0.404. The first-order valence-corrected chi connectivity index (χ1v) is 7.45. The van der Waals surface area contributed by atoms with E-state index in [1.807, 2.05) is 30.5 Å². The highest BCUT2D eigenvalue weighted by Gasteiger charge is 2.12. The second-order valence-corrected chi connectivity index (χ2v) is 5.47. The fourth-order valence-electron chi connectivity index (χ4n) is 2.88. The van der Waals surface area contributed by atoms with E-state index in [1.54, 1.807) is 20.4 Å². The van der Waals surface area contributed by atoms with Crippen LogP contribution < -0.4 is 15.2 Å². The molecule has 0 aliphatic carbocycles. The van der Waals surface area contributed by atoms with E-state index in [0.29, 0.717) is 5.82 Å². The van der Waals surface area contributed by atoms with E-state index < -0.39 is 0 Å². The SMILES string of the molecule is COc1ccc(OC)c(-c2cnc3[nH]c4cnc(N)cc4c3c2)c1. The lowest BCUT2D eigenvalue weighted by Gasteiger charge is -2.10. The molecule has 3 aromatic heterocycles. The standard InChI is InChI=1S/C18H16N4O2/c1-23-11-3-4-16(24-2)12(6-11)10-5-14-13-7-17(19)20-9-15(13)22-18(14)21-8-10/h3-9H,1-2H3,(H2,19,20)(H,21,22). The zero-order valence-electron chi connectivity index (χ0n) is 13.3. The molecule has 0 spiro atoms. The summed E-state index contributed by atoms with van der Waals surface area (Å²) in [5.74, 6) is 2.00. The van der Waals surface area contributed by atoms with Crippen molar-refractivity contribution in [2.45, 2.75) is 0 Å². The van der Waals surface area contributed by atoms with Gasteiger partial charge >= 0.3 is 0 Å². The minimum absolute atomic E-state index is 0.479. The number of pyridine rings is 2. The van der Waals surface area contributed by atoms with Crippen molar-refractivity contribution in [2.24, 2.45) is 0 Å². The Labute approximate surface area is 138 Å². The van der Waals surface area contributed by atoms with Crippen molar-refractivity contribution in [3.63, 3.8) is 0 Å². The van der Waals surface area contributed by atoms with Crippen molar-refractivity contribution in [3.05, 3.63) is 42.7 Å². The number of anilines is 1. The van der Waals surface area contributed by atoms with Gasteiger partial charge in [-0.3, -0.25) is 0 Å². The molecule has 3 heterocycles. The maximum Gasteiger partial charge on any atom is 0.138 e. The number of benzene rings is 1. The van der Waals surface area contributed by atoms with Crippen LogP contribution in [0.5, 0.6) is 11.5 Å². The highest BCUT2D eigenvalue weighted by Crippen LogP contribution is 2.35. The van der Waals surface area contributed by atoms with Crippen LogP contribution in [0, 0.1) is 0 Å². The highest BCUT2D eigenvalue weighted by molar-refractivity contribution is 6.07. The van der Waals surface area contributed by atoms with Crippen LogP contribution in [0.4, 0.5) is 5.82 Å². The minimum atomic E-state index is 0.479. The predicted molar refractivity (Wildman–Crippen MR) is 94.3 cm³/mol. The molecule has 6 nitrogen and oxygen atoms in total. The Balaban J connectivity index is 1.97. The van der Waals surface area contributed by atoms with Crippen molar-refractivity contribution in [2.75, 3.05) is 20.0 Å². The quantitative estimate of drug-likeness (QED) is 0.604. The lowest BCUT2D eigenvalue weighted by Crippen LogP contribution is -1.91. The Hall–Kier alpha value is -3.28. The van der Waals surface area contributed by atoms with Gasteiger partial charge in [0.1, 0.15) is 23.0 Å². The molecule has 1 aromatic carbocycles. The van der Waals surface area contributed by atoms with Gasteiger partial charge in [-0.05, 0) is 30.3 Å². The smallest absolute Gasteiger partial charge is 0.138 e. The maximum atomic E-state index is 5.82. The number of hydrogen-bond donors (Lipinski definition) is 2. The van der Waals surface area contributed by atoms with Gasteiger partial charge in [0, 0.05) is 28.1 Å². The van der Waals surface area contributed by atoms with Crippen LogP contribution >= 0.6 is 0 Å². The fourth-order valence-corrected chi connectivity index (χ4v) is 2.88. The molecule has 0 saturated heterocycles. The first kappa shape index (κ1) is 14.3. The van der Waals surface area contributed by atoms with E-state index in [1.165, 1.54) is 0 Å². The summed E-state index contributed by atoms with van der Waals surface area (Å²) in [4.78, 5) is 11.9. The maximum absolute atomic E-state index is 5.82. The molecule has 4 aromatic rings. The minimum Gasteiger partial charge on any atom is -0.497 e. The van der Waals surface area contributed by atoms with Crippen LogP contribution in [-0.2, 0) is 0 Å². The number of nitrogens with one attached hydrogen (secondary N) is 1. The van der Waals surface area contributed by atoms with Gasteiger partial charge in [0.2, 0.25) is 0 Å². The van der Waals surface area contributed by atoms with Gasteiger partial charge in [-0.15, -0.1) is 0 Å². The van der Waals surface area contributed by atoms with Crippen molar-refractivity contribution in [3.8, 4) is 22.6 Å². The van der Waals surface area contributed by atoms with Crippen LogP contribution in [0.1, 0.15) is 0 Å². The summed E-state index contributed by atoms with van der Waals surface area (Å²) < 4.78 is 10.8. The average Bonchev–Trinajstić information content (AvgIpc) is 2.98. The summed E-state index contributed by atoms with van der Waals surface area (Å²) in [5, 5.41) is 1.98. The van der Waals surface area contributed by atoms with Gasteiger partial charge in [-0.1, -0.05) is 0 Å². The molecule has 3 N–H and O–H groups in total. The first-order chi connectivity index (χ1) is 11.7. The monoisotopic (exact) mass is 320 g/mol. The molecule has 0 aliphatic heterocycles. The summed E-state index contributed by atoms with van der Waals surface area (Å²) in [6, 6.07) is 9.61. The second-order valence-electron chi connectivity index (χ2n) is 5.47. The number of aromatic amines is 1. The molecule has 0 amide bonds. The molecule has 0 saturated carbocycles. The van der Waals surface area contributed by atoms with Gasteiger partial charge in [-0.2, -0.15) is 0 Å². The largest absolute Gasteiger partial charge is 0.497 e. The Kier molecular flexibility index (Phi) is 3.23. The van der Waals surface area contributed by atoms with Crippen molar-refractivity contribution in [1.29, 1.82) is 0 Å². The number of nitrogens with two attached hydrogens (primary N) is 1. The molecule has 0 fully saturated rings. The van der Waals surface area contributed by atoms with Crippen LogP contribution in [-0.4, -0.2) is 29.2 Å². The topological polar surface area (TPSA) is 86.0 Å². The van der Waals surface area contributed by atoms with E-state index in [2.05, 4.69) is 21.0 Å². The summed E-state index contributed by atoms with van der Waals surface area (Å²) in [5.41, 5.74) is 9.38. The first-order valence-electron chi connectivity index (χ1n) is 7.45. The molecular formula is C18H16N4O2. The molecule has 4 rings (SSSR count). The number of fused-ring (bicyclic) bond motifs is 3. The van der Waals surface area contributed by atoms with E-state index in [4.69, 9.17) is 15.2 Å². The molecule has 0 bridgehead atoms. The third-order valence-electron chi connectivity index (χ3n) is 4.07. The van der Waals surface area contributed by atoms with Crippen molar-refractivity contribution in [1.82, 2.24) is 15.0 Å². The highest BCUT2D eigenvalue weighted by atomic mass is 16.5. The van der Waals surface area contributed by atoms with Crippen LogP contribution in [0.25, 0.3) is 33.1 Å². The van der Waals surface area contributed by atoms with Gasteiger partial charge in [-0.25, -0.2) is 9.97 Å². The number of ether oxygens (including phenoxy) is 2. The fraction of sp³-hybridized carbons (Fsp3) is 0.111. The summed E-state index contributed by atoms with van der Waals surface area (Å²) in [7, 11) is 3.29. The van der Waals surface area contributed by atoms with Crippen LogP contribution in [0.15, 0.2) is 42.7 Å². The molecular weight excluding hydrogens is 304 g/mol. The van der Waals surface area contributed by atoms with E-state index in [0.717, 1.165) is 44.6 Å². The third-order valence-corrected chi connectivity index (χ3v) is 4.07. The molecule has 6 heteroatoms. The average molecular weight is 320 g/mol. The summed E-state index contributed by atoms with van der Waals surface area (Å²) in [6.07, 6.45) is 3.53. The third kappa shape index (κ3) is 2.20. The normalized spacial score (nSPS) is 11.1. The molecule has 120 valence electrons. The zero-order valence-corrected chi connectivity index (χ0v) is 13.3. The van der Waals surface area contributed by atoms with Gasteiger partial charge in [0.05, 0.1) is 25.9 Å². The number of nitrogens with zero attached hydrogens (tertiary/aromatic N) is 2. The Bertz CT molecular complexity index is 1060. The van der Waals surface area contributed by atoms with Crippen LogP contribution in [0.2, 0.25) is 0 Å². The number of rotatable bonds is 3. The van der Waals surface area contributed by atoms with Gasteiger partial charge < -0.3 is 20.2 Å². The lowest BCUT2D eigenvalue weighted by atomic mass is 10.0. The van der Waals surface area contributed by atoms with Gasteiger partial charge in [0.25, 0.3) is 0 Å². The predicted octanol–water partition coefficient (Wildman–Crippen LogP) is 3.38. The number of aromatic nitrogens is 3. The molecule has 0 unspecified atom stereocenters.